The zero-order valence-corrected chi connectivity index (χ0v) is 23.8. The third kappa shape index (κ3) is 5.95. The maximum atomic E-state index is 13.6. The molecule has 0 unspecified atom stereocenters. The maximum Gasteiger partial charge on any atom is 0.192 e. The minimum Gasteiger partial charge on any atom is -0.317 e. The van der Waals surface area contributed by atoms with Gasteiger partial charge in [-0.25, -0.2) is 24.0 Å². The third-order valence-electron chi connectivity index (χ3n) is 6.76. The number of aromatic nitrogens is 3. The SMILES string of the molecule is C=C/N=C(/C1CCNCC1)N(C)n1c(/C=C\CC)nc(CC)c1N(C)c1nc(-c2ccc(F)cc2)c(C#N)s1. The van der Waals surface area contributed by atoms with Crippen LogP contribution in [0.4, 0.5) is 15.3 Å². The molecule has 2 aromatic heterocycles. The molecule has 204 valence electrons. The molecule has 1 aromatic carbocycles. The van der Waals surface area contributed by atoms with Crippen LogP contribution in [0.15, 0.2) is 48.1 Å². The summed E-state index contributed by atoms with van der Waals surface area (Å²) in [6, 6.07) is 8.33. The number of hydrogen-bond acceptors (Lipinski definition) is 7. The number of piperidine rings is 1. The van der Waals surface area contributed by atoms with Crippen LogP contribution < -0.4 is 15.2 Å². The lowest BCUT2D eigenvalue weighted by atomic mass is 9.96. The largest absolute Gasteiger partial charge is 0.317 e. The Morgan fingerprint density at radius 3 is 2.59 bits per heavy atom. The molecule has 0 saturated carbocycles. The van der Waals surface area contributed by atoms with Gasteiger partial charge in [-0.05, 0) is 69.1 Å². The second-order valence-electron chi connectivity index (χ2n) is 9.29. The van der Waals surface area contributed by atoms with Crippen molar-refractivity contribution >= 4 is 34.2 Å². The Hall–Kier alpha value is -3.81. The predicted molar refractivity (Wildman–Crippen MR) is 159 cm³/mol. The number of amidine groups is 1. The smallest absolute Gasteiger partial charge is 0.192 e. The number of halogens is 1. The van der Waals surface area contributed by atoms with Gasteiger partial charge in [-0.3, -0.25) is 5.01 Å². The van der Waals surface area contributed by atoms with Crippen molar-refractivity contribution in [2.24, 2.45) is 10.9 Å². The normalized spacial score (nSPS) is 14.5. The molecule has 1 saturated heterocycles. The van der Waals surface area contributed by atoms with Crippen LogP contribution in [0, 0.1) is 23.1 Å². The van der Waals surface area contributed by atoms with E-state index in [-0.39, 0.29) is 11.7 Å². The fourth-order valence-electron chi connectivity index (χ4n) is 4.82. The topological polar surface area (TPSA) is 85.4 Å². The summed E-state index contributed by atoms with van der Waals surface area (Å²) in [7, 11) is 3.95. The Morgan fingerprint density at radius 1 is 1.26 bits per heavy atom. The molecule has 4 rings (SSSR count). The standard InChI is InChI=1S/C29H35FN8S/c1-6-9-10-25-34-23(7-2)28(38(25)37(5)27(33-8-3)21-15-17-32-18-16-21)36(4)29-35-26(24(19-31)39-29)20-11-13-22(30)14-12-20/h8-14,21,32H,3,6-7,15-18H2,1-2,4-5H3/b10-9-,33-27-. The summed E-state index contributed by atoms with van der Waals surface area (Å²) in [6.45, 7) is 9.94. The van der Waals surface area contributed by atoms with Gasteiger partial charge >= 0.3 is 0 Å². The number of imidazole rings is 1. The molecule has 3 heterocycles. The minimum absolute atomic E-state index is 0.276. The van der Waals surface area contributed by atoms with Gasteiger partial charge in [0.15, 0.2) is 16.8 Å². The van der Waals surface area contributed by atoms with E-state index in [9.17, 15) is 9.65 Å². The van der Waals surface area contributed by atoms with E-state index >= 15 is 0 Å². The molecule has 1 fully saturated rings. The van der Waals surface area contributed by atoms with E-state index < -0.39 is 0 Å². The van der Waals surface area contributed by atoms with Gasteiger partial charge in [0.25, 0.3) is 0 Å². The summed E-state index contributed by atoms with van der Waals surface area (Å²) < 4.78 is 15.6. The molecule has 0 amide bonds. The van der Waals surface area contributed by atoms with Crippen LogP contribution in [0.1, 0.15) is 49.5 Å². The molecule has 0 bridgehead atoms. The minimum atomic E-state index is -0.331. The first-order valence-corrected chi connectivity index (χ1v) is 14.1. The van der Waals surface area contributed by atoms with Crippen molar-refractivity contribution in [3.8, 4) is 17.3 Å². The number of hydrogen-bond donors (Lipinski definition) is 1. The number of nitrogens with one attached hydrogen (secondary N) is 1. The van der Waals surface area contributed by atoms with Crippen LogP contribution in [0.2, 0.25) is 0 Å². The monoisotopic (exact) mass is 546 g/mol. The highest BCUT2D eigenvalue weighted by atomic mass is 32.1. The van der Waals surface area contributed by atoms with Crippen LogP contribution in [-0.2, 0) is 6.42 Å². The lowest BCUT2D eigenvalue weighted by molar-refractivity contribution is 0.448. The Kier molecular flexibility index (Phi) is 9.28. The van der Waals surface area contributed by atoms with Gasteiger partial charge in [0.2, 0.25) is 0 Å². The highest BCUT2D eigenvalue weighted by Crippen LogP contribution is 2.37. The quantitative estimate of drug-likeness (QED) is 0.267. The molecule has 39 heavy (non-hydrogen) atoms. The highest BCUT2D eigenvalue weighted by molar-refractivity contribution is 7.16. The van der Waals surface area contributed by atoms with Crippen molar-refractivity contribution in [3.05, 3.63) is 65.3 Å². The van der Waals surface area contributed by atoms with Crippen LogP contribution >= 0.6 is 11.3 Å². The number of aliphatic imine (C=N–C) groups is 1. The van der Waals surface area contributed by atoms with Gasteiger partial charge < -0.3 is 10.2 Å². The molecule has 10 heteroatoms. The molecule has 0 aliphatic carbocycles. The molecular formula is C29H35FN8S. The average molecular weight is 547 g/mol. The van der Waals surface area contributed by atoms with Gasteiger partial charge in [0.1, 0.15) is 28.3 Å². The molecule has 8 nitrogen and oxygen atoms in total. The van der Waals surface area contributed by atoms with Crippen molar-refractivity contribution in [3.63, 3.8) is 0 Å². The van der Waals surface area contributed by atoms with Gasteiger partial charge in [-0.2, -0.15) is 5.26 Å². The van der Waals surface area contributed by atoms with Gasteiger partial charge in [-0.1, -0.05) is 37.8 Å². The molecular weight excluding hydrogens is 511 g/mol. The summed E-state index contributed by atoms with van der Waals surface area (Å²) in [6.07, 6.45) is 9.28. The summed E-state index contributed by atoms with van der Waals surface area (Å²) in [4.78, 5) is 17.0. The van der Waals surface area contributed by atoms with Crippen molar-refractivity contribution < 1.29 is 4.39 Å². The number of nitrogens with zero attached hydrogens (tertiary/aromatic N) is 7. The van der Waals surface area contributed by atoms with E-state index in [1.165, 1.54) is 23.5 Å². The van der Waals surface area contributed by atoms with Crippen molar-refractivity contribution in [1.82, 2.24) is 20.0 Å². The molecule has 0 spiro atoms. The summed E-state index contributed by atoms with van der Waals surface area (Å²) in [5, 5.41) is 16.0. The Labute approximate surface area is 233 Å². The first-order valence-electron chi connectivity index (χ1n) is 13.2. The number of allylic oxidation sites excluding steroid dienone is 1. The Balaban J connectivity index is 1.85. The van der Waals surface area contributed by atoms with Crippen molar-refractivity contribution in [2.75, 3.05) is 37.1 Å². The molecule has 1 aliphatic rings. The van der Waals surface area contributed by atoms with E-state index in [0.29, 0.717) is 27.7 Å². The van der Waals surface area contributed by atoms with Crippen LogP contribution in [-0.4, -0.2) is 47.7 Å². The first-order chi connectivity index (χ1) is 18.9. The molecule has 1 aliphatic heterocycles. The molecule has 0 atom stereocenters. The zero-order chi connectivity index (χ0) is 27.9. The number of aryl methyl sites for hydroxylation is 1. The Bertz CT molecular complexity index is 1390. The second-order valence-corrected chi connectivity index (χ2v) is 10.3. The first kappa shape index (κ1) is 28.2. The van der Waals surface area contributed by atoms with Crippen molar-refractivity contribution in [1.29, 1.82) is 5.26 Å². The summed E-state index contributed by atoms with van der Waals surface area (Å²) >= 11 is 1.30. The fourth-order valence-corrected chi connectivity index (χ4v) is 5.67. The fraction of sp³-hybridized carbons (Fsp3) is 0.379. The molecule has 0 radical (unpaired) electrons. The van der Waals surface area contributed by atoms with E-state index in [2.05, 4.69) is 47.6 Å². The van der Waals surface area contributed by atoms with E-state index in [4.69, 9.17) is 15.0 Å². The number of rotatable bonds is 9. The maximum absolute atomic E-state index is 13.6. The van der Waals surface area contributed by atoms with Crippen LogP contribution in [0.3, 0.4) is 0 Å². The third-order valence-corrected chi connectivity index (χ3v) is 7.80. The second kappa shape index (κ2) is 12.8. The lowest BCUT2D eigenvalue weighted by Crippen LogP contribution is -2.45. The highest BCUT2D eigenvalue weighted by Gasteiger charge is 2.29. The average Bonchev–Trinajstić information content (AvgIpc) is 3.57. The Morgan fingerprint density at radius 2 is 1.97 bits per heavy atom. The van der Waals surface area contributed by atoms with Crippen LogP contribution in [0.5, 0.6) is 0 Å². The number of nitriles is 1. The van der Waals surface area contributed by atoms with Gasteiger partial charge in [0.05, 0.1) is 5.69 Å². The van der Waals surface area contributed by atoms with Gasteiger partial charge in [0, 0.05) is 31.8 Å². The molecule has 1 N–H and O–H groups in total. The van der Waals surface area contributed by atoms with E-state index in [0.717, 1.165) is 55.5 Å². The summed E-state index contributed by atoms with van der Waals surface area (Å²) in [5.74, 6) is 2.52. The number of benzene rings is 1. The zero-order valence-electron chi connectivity index (χ0n) is 23.0. The predicted octanol–water partition coefficient (Wildman–Crippen LogP) is 5.88. The van der Waals surface area contributed by atoms with Gasteiger partial charge in [-0.15, -0.1) is 0 Å². The number of anilines is 2. The number of thiazole rings is 1. The van der Waals surface area contributed by atoms with Crippen molar-refractivity contribution in [2.45, 2.75) is 39.5 Å². The van der Waals surface area contributed by atoms with Crippen LogP contribution in [0.25, 0.3) is 17.3 Å². The molecule has 3 aromatic rings. The van der Waals surface area contributed by atoms with E-state index in [1.807, 2.05) is 25.1 Å². The van der Waals surface area contributed by atoms with E-state index in [1.54, 1.807) is 18.3 Å². The lowest BCUT2D eigenvalue weighted by Gasteiger charge is -2.33. The summed E-state index contributed by atoms with van der Waals surface area (Å²) in [5.41, 5.74) is 2.14.